The first kappa shape index (κ1) is 13.9. The lowest BCUT2D eigenvalue weighted by Crippen LogP contribution is -2.31. The Morgan fingerprint density at radius 1 is 1.15 bits per heavy atom. The summed E-state index contributed by atoms with van der Waals surface area (Å²) in [5.74, 6) is -1.07. The molecule has 1 amide bonds. The molecule has 0 unspecified atom stereocenters. The fourth-order valence-electron chi connectivity index (χ4n) is 1.89. The normalized spacial score (nSPS) is 10.2. The summed E-state index contributed by atoms with van der Waals surface area (Å²) in [7, 11) is 0. The van der Waals surface area contributed by atoms with Gasteiger partial charge < -0.3 is 14.4 Å². The van der Waals surface area contributed by atoms with Gasteiger partial charge in [0.2, 0.25) is 0 Å². The number of amides is 1. The summed E-state index contributed by atoms with van der Waals surface area (Å²) in [6.45, 7) is 0.348. The summed E-state index contributed by atoms with van der Waals surface area (Å²) < 4.78 is 4.92. The minimum atomic E-state index is -0.867. The van der Waals surface area contributed by atoms with Crippen LogP contribution >= 0.6 is 0 Å². The number of carbonyl (C=O) groups excluding carboxylic acids is 1. The molecule has 2 aromatic rings. The van der Waals surface area contributed by atoms with E-state index in [4.69, 9.17) is 9.52 Å². The first-order valence-corrected chi connectivity index (χ1v) is 6.29. The molecule has 5 heteroatoms. The van der Waals surface area contributed by atoms with Crippen molar-refractivity contribution >= 4 is 17.6 Å². The summed E-state index contributed by atoms with van der Waals surface area (Å²) in [5.41, 5.74) is 1.19. The lowest BCUT2D eigenvalue weighted by molar-refractivity contribution is -0.137. The number of hydrogen-bond donors (Lipinski definition) is 1. The summed E-state index contributed by atoms with van der Waals surface area (Å²) in [5, 5.41) is 8.70. The molecule has 2 rings (SSSR count). The fourth-order valence-corrected chi connectivity index (χ4v) is 1.89. The van der Waals surface area contributed by atoms with Gasteiger partial charge in [0.25, 0.3) is 5.91 Å². The molecule has 1 aromatic carbocycles. The quantitative estimate of drug-likeness (QED) is 0.878. The fraction of sp³-hybridized carbons (Fsp3) is 0.200. The lowest BCUT2D eigenvalue weighted by Gasteiger charge is -2.22. The third-order valence-electron chi connectivity index (χ3n) is 2.85. The van der Waals surface area contributed by atoms with Crippen molar-refractivity contribution in [2.75, 3.05) is 11.4 Å². The zero-order valence-electron chi connectivity index (χ0n) is 10.9. The van der Waals surface area contributed by atoms with Crippen molar-refractivity contribution in [1.29, 1.82) is 0 Å². The molecule has 20 heavy (non-hydrogen) atoms. The number of furan rings is 1. The second kappa shape index (κ2) is 6.56. The highest BCUT2D eigenvalue weighted by Crippen LogP contribution is 2.18. The Morgan fingerprint density at radius 3 is 2.50 bits per heavy atom. The minimum Gasteiger partial charge on any atom is -0.481 e. The first-order valence-electron chi connectivity index (χ1n) is 6.29. The Balaban J connectivity index is 2.16. The molecule has 0 atom stereocenters. The molecular formula is C15H15NO4. The molecule has 104 valence electrons. The van der Waals surface area contributed by atoms with Crippen LogP contribution in [-0.4, -0.2) is 23.5 Å². The molecule has 1 aromatic heterocycles. The second-order valence-electron chi connectivity index (χ2n) is 4.30. The zero-order chi connectivity index (χ0) is 14.4. The van der Waals surface area contributed by atoms with Gasteiger partial charge in [0.1, 0.15) is 6.26 Å². The van der Waals surface area contributed by atoms with Gasteiger partial charge >= 0.3 is 5.97 Å². The maximum Gasteiger partial charge on any atom is 0.303 e. The summed E-state index contributed by atoms with van der Waals surface area (Å²) in [4.78, 5) is 24.6. The van der Waals surface area contributed by atoms with E-state index in [1.807, 2.05) is 30.3 Å². The molecule has 1 N–H and O–H groups in total. The second-order valence-corrected chi connectivity index (χ2v) is 4.30. The SMILES string of the molecule is O=C(O)CCCN(C(=O)c1ccoc1)c1ccccc1. The van der Waals surface area contributed by atoms with E-state index >= 15 is 0 Å². The first-order chi connectivity index (χ1) is 9.68. The van der Waals surface area contributed by atoms with Crippen molar-refractivity contribution in [2.24, 2.45) is 0 Å². The molecule has 0 radical (unpaired) electrons. The minimum absolute atomic E-state index is 0.0298. The molecule has 1 heterocycles. The van der Waals surface area contributed by atoms with E-state index in [-0.39, 0.29) is 12.3 Å². The van der Waals surface area contributed by atoms with Crippen LogP contribution in [-0.2, 0) is 4.79 Å². The molecular weight excluding hydrogens is 258 g/mol. The molecule has 5 nitrogen and oxygen atoms in total. The highest BCUT2D eigenvalue weighted by molar-refractivity contribution is 6.05. The largest absolute Gasteiger partial charge is 0.481 e. The zero-order valence-corrected chi connectivity index (χ0v) is 10.9. The van der Waals surface area contributed by atoms with E-state index in [0.717, 1.165) is 5.69 Å². The number of benzene rings is 1. The van der Waals surface area contributed by atoms with Gasteiger partial charge in [-0.25, -0.2) is 0 Å². The number of rotatable bonds is 6. The van der Waals surface area contributed by atoms with Gasteiger partial charge in [-0.05, 0) is 24.6 Å². The van der Waals surface area contributed by atoms with Crippen LogP contribution in [0.3, 0.4) is 0 Å². The highest BCUT2D eigenvalue weighted by Gasteiger charge is 2.18. The lowest BCUT2D eigenvalue weighted by atomic mass is 10.2. The van der Waals surface area contributed by atoms with Crippen molar-refractivity contribution < 1.29 is 19.1 Å². The molecule has 0 saturated carbocycles. The molecule has 0 spiro atoms. The van der Waals surface area contributed by atoms with Crippen LogP contribution in [0.15, 0.2) is 53.3 Å². The molecule has 0 aliphatic rings. The van der Waals surface area contributed by atoms with Crippen LogP contribution in [0.5, 0.6) is 0 Å². The van der Waals surface area contributed by atoms with Gasteiger partial charge in [-0.1, -0.05) is 18.2 Å². The highest BCUT2D eigenvalue weighted by atomic mass is 16.4. The molecule has 0 saturated heterocycles. The van der Waals surface area contributed by atoms with Crippen molar-refractivity contribution in [1.82, 2.24) is 0 Å². The maximum absolute atomic E-state index is 12.4. The standard InChI is InChI=1S/C15H15NO4/c17-14(18)7-4-9-16(13-5-2-1-3-6-13)15(19)12-8-10-20-11-12/h1-3,5-6,8,10-11H,4,7,9H2,(H,17,18). The molecule has 0 aliphatic carbocycles. The van der Waals surface area contributed by atoms with Crippen molar-refractivity contribution in [3.63, 3.8) is 0 Å². The molecule has 0 bridgehead atoms. The van der Waals surface area contributed by atoms with E-state index in [0.29, 0.717) is 18.5 Å². The number of carboxylic acids is 1. The number of nitrogens with zero attached hydrogens (tertiary/aromatic N) is 1. The van der Waals surface area contributed by atoms with Crippen LogP contribution in [0.1, 0.15) is 23.2 Å². The van der Waals surface area contributed by atoms with E-state index < -0.39 is 5.97 Å². The van der Waals surface area contributed by atoms with Crippen LogP contribution in [0, 0.1) is 0 Å². The van der Waals surface area contributed by atoms with Crippen LogP contribution in [0.2, 0.25) is 0 Å². The number of hydrogen-bond acceptors (Lipinski definition) is 3. The summed E-state index contributed by atoms with van der Waals surface area (Å²) >= 11 is 0. The average Bonchev–Trinajstić information content (AvgIpc) is 2.98. The van der Waals surface area contributed by atoms with Crippen molar-refractivity contribution in [3.8, 4) is 0 Å². The Bertz CT molecular complexity index is 563. The number of carbonyl (C=O) groups is 2. The summed E-state index contributed by atoms with van der Waals surface area (Å²) in [6, 6.07) is 10.8. The van der Waals surface area contributed by atoms with Crippen LogP contribution < -0.4 is 4.90 Å². The topological polar surface area (TPSA) is 70.8 Å². The van der Waals surface area contributed by atoms with Crippen LogP contribution in [0.25, 0.3) is 0 Å². The smallest absolute Gasteiger partial charge is 0.303 e. The monoisotopic (exact) mass is 273 g/mol. The van der Waals surface area contributed by atoms with Gasteiger partial charge in [0.15, 0.2) is 0 Å². The Labute approximate surface area is 116 Å². The molecule has 0 aliphatic heterocycles. The van der Waals surface area contributed by atoms with E-state index in [2.05, 4.69) is 0 Å². The van der Waals surface area contributed by atoms with Gasteiger partial charge in [0.05, 0.1) is 11.8 Å². The third-order valence-corrected chi connectivity index (χ3v) is 2.85. The number of aliphatic carboxylic acids is 1. The van der Waals surface area contributed by atoms with E-state index in [1.54, 1.807) is 11.0 Å². The third kappa shape index (κ3) is 3.47. The average molecular weight is 273 g/mol. The maximum atomic E-state index is 12.4. The Hall–Kier alpha value is -2.56. The number of para-hydroxylation sites is 1. The Kier molecular flexibility index (Phi) is 4.55. The predicted molar refractivity (Wildman–Crippen MR) is 73.7 cm³/mol. The van der Waals surface area contributed by atoms with Gasteiger partial charge in [-0.15, -0.1) is 0 Å². The molecule has 0 fully saturated rings. The van der Waals surface area contributed by atoms with Crippen molar-refractivity contribution in [3.05, 3.63) is 54.5 Å². The predicted octanol–water partition coefficient (Wildman–Crippen LogP) is 2.79. The van der Waals surface area contributed by atoms with Crippen LogP contribution in [0.4, 0.5) is 5.69 Å². The van der Waals surface area contributed by atoms with E-state index in [1.165, 1.54) is 12.5 Å². The van der Waals surface area contributed by atoms with Gasteiger partial charge in [-0.2, -0.15) is 0 Å². The number of carboxylic acid groups (broad SMARTS) is 1. The van der Waals surface area contributed by atoms with Crippen molar-refractivity contribution in [2.45, 2.75) is 12.8 Å². The number of anilines is 1. The van der Waals surface area contributed by atoms with Gasteiger partial charge in [-0.3, -0.25) is 9.59 Å². The van der Waals surface area contributed by atoms with Gasteiger partial charge in [0, 0.05) is 18.7 Å². The Morgan fingerprint density at radius 2 is 1.90 bits per heavy atom. The summed E-state index contributed by atoms with van der Waals surface area (Å²) in [6.07, 6.45) is 3.25. The van der Waals surface area contributed by atoms with E-state index in [9.17, 15) is 9.59 Å².